The van der Waals surface area contributed by atoms with Gasteiger partial charge in [-0.1, -0.05) is 19.3 Å². The molecule has 0 spiro atoms. The van der Waals surface area contributed by atoms with Crippen LogP contribution in [0.1, 0.15) is 26.7 Å². The number of aromatic nitrogens is 2. The van der Waals surface area contributed by atoms with Crippen LogP contribution in [0.3, 0.4) is 0 Å². The molecule has 0 aliphatic carbocycles. The van der Waals surface area contributed by atoms with Gasteiger partial charge in [-0.25, -0.2) is 9.59 Å². The number of fused-ring (bicyclic) bond motifs is 1. The predicted molar refractivity (Wildman–Crippen MR) is 115 cm³/mol. The summed E-state index contributed by atoms with van der Waals surface area (Å²) >= 11 is 0. The van der Waals surface area contributed by atoms with Crippen molar-refractivity contribution in [3.63, 3.8) is 0 Å². The first-order chi connectivity index (χ1) is 15.6. The first-order valence-corrected chi connectivity index (χ1v) is 10.7. The monoisotopic (exact) mass is 472 g/mol. The highest BCUT2D eigenvalue weighted by molar-refractivity contribution is 5.80. The lowest BCUT2D eigenvalue weighted by Gasteiger charge is -2.40. The number of nitrogens with zero attached hydrogens (tertiary/aromatic N) is 5. The first-order valence-electron chi connectivity index (χ1n) is 10.7. The fourth-order valence-corrected chi connectivity index (χ4v) is 3.90. The van der Waals surface area contributed by atoms with Crippen LogP contribution in [0, 0.1) is 11.8 Å². The fraction of sp³-hybridized carbons (Fsp3) is 0.650. The highest BCUT2D eigenvalue weighted by Crippen LogP contribution is 2.38. The summed E-state index contributed by atoms with van der Waals surface area (Å²) in [7, 11) is 1.31. The van der Waals surface area contributed by atoms with Crippen LogP contribution in [0.15, 0.2) is 9.59 Å². The largest absolute Gasteiger partial charge is 0.493 e. The minimum atomic E-state index is -5.26. The zero-order chi connectivity index (χ0) is 24.3. The van der Waals surface area contributed by atoms with E-state index in [-0.39, 0.29) is 24.6 Å². The van der Waals surface area contributed by atoms with Crippen molar-refractivity contribution in [1.82, 2.24) is 19.4 Å². The molecule has 0 aromatic carbocycles. The maximum Gasteiger partial charge on any atom is 0.493 e. The molecule has 33 heavy (non-hydrogen) atoms. The molecule has 1 N–H and O–H groups in total. The van der Waals surface area contributed by atoms with E-state index in [1.807, 2.05) is 6.92 Å². The van der Waals surface area contributed by atoms with Gasteiger partial charge in [0.25, 0.3) is 5.56 Å². The van der Waals surface area contributed by atoms with Gasteiger partial charge in [0, 0.05) is 39.8 Å². The molecule has 2 aliphatic heterocycles. The Morgan fingerprint density at radius 3 is 2.48 bits per heavy atom. The molecule has 2 aliphatic rings. The first kappa shape index (κ1) is 24.7. The number of carbonyl (C=O) groups is 1. The number of unbranched alkanes of at least 4 members (excludes halogenated alkanes) is 1. The molecule has 1 saturated heterocycles. The lowest BCUT2D eigenvalue weighted by Crippen LogP contribution is -2.61. The molecule has 0 bridgehead atoms. The topological polar surface area (TPSA) is 92.0 Å². The second-order valence-corrected chi connectivity index (χ2v) is 7.71. The van der Waals surface area contributed by atoms with Gasteiger partial charge < -0.3 is 15.1 Å². The molecule has 1 atom stereocenters. The van der Waals surface area contributed by atoms with E-state index in [1.54, 1.807) is 11.8 Å². The molecule has 1 aromatic rings. The van der Waals surface area contributed by atoms with E-state index in [4.69, 9.17) is 4.84 Å². The number of anilines is 2. The zero-order valence-corrected chi connectivity index (χ0v) is 18.7. The van der Waals surface area contributed by atoms with E-state index in [2.05, 4.69) is 17.2 Å². The Bertz CT molecular complexity index is 1070. The molecule has 13 heteroatoms. The summed E-state index contributed by atoms with van der Waals surface area (Å²) in [5.41, 5.74) is -1.44. The second-order valence-electron chi connectivity index (χ2n) is 7.71. The average molecular weight is 472 g/mol. The average Bonchev–Trinajstić information content (AvgIpc) is 3.09. The Morgan fingerprint density at radius 2 is 1.91 bits per heavy atom. The van der Waals surface area contributed by atoms with Gasteiger partial charge in [0.05, 0.1) is 6.54 Å². The molecule has 10 nitrogen and oxygen atoms in total. The molecular formula is C20H27F3N6O4. The van der Waals surface area contributed by atoms with Crippen molar-refractivity contribution in [2.75, 3.05) is 42.7 Å². The van der Waals surface area contributed by atoms with Crippen molar-refractivity contribution in [3.8, 4) is 11.8 Å². The van der Waals surface area contributed by atoms with Crippen molar-refractivity contribution < 1.29 is 22.8 Å². The van der Waals surface area contributed by atoms with Crippen molar-refractivity contribution in [2.24, 2.45) is 7.05 Å². The summed E-state index contributed by atoms with van der Waals surface area (Å²) in [4.78, 5) is 46.2. The van der Waals surface area contributed by atoms with Crippen molar-refractivity contribution in [2.45, 2.75) is 45.7 Å². The number of hydrogen-bond donors (Lipinski definition) is 1. The van der Waals surface area contributed by atoms with E-state index in [0.717, 1.165) is 9.63 Å². The van der Waals surface area contributed by atoms with Gasteiger partial charge in [-0.3, -0.25) is 18.8 Å². The molecule has 3 heterocycles. The van der Waals surface area contributed by atoms with Crippen LogP contribution in [-0.2, 0) is 23.2 Å². The van der Waals surface area contributed by atoms with Crippen LogP contribution in [0.25, 0.3) is 0 Å². The highest BCUT2D eigenvalue weighted by atomic mass is 19.4. The predicted octanol–water partition coefficient (Wildman–Crippen LogP) is 0.206. The molecule has 0 radical (unpaired) electrons. The minimum absolute atomic E-state index is 0.0145. The van der Waals surface area contributed by atoms with Gasteiger partial charge in [-0.05, 0) is 13.3 Å². The molecule has 182 valence electrons. The van der Waals surface area contributed by atoms with E-state index < -0.39 is 29.7 Å². The normalized spacial score (nSPS) is 18.7. The summed E-state index contributed by atoms with van der Waals surface area (Å²) in [5.74, 6) is 2.95. The van der Waals surface area contributed by atoms with Crippen LogP contribution in [0.4, 0.5) is 24.7 Å². The summed E-state index contributed by atoms with van der Waals surface area (Å²) < 4.78 is 41.6. The van der Waals surface area contributed by atoms with Crippen molar-refractivity contribution in [1.29, 1.82) is 0 Å². The number of rotatable bonds is 6. The minimum Gasteiger partial charge on any atom is -0.327 e. The quantitative estimate of drug-likeness (QED) is 0.588. The van der Waals surface area contributed by atoms with Gasteiger partial charge in [0.15, 0.2) is 17.8 Å². The number of nitrogens with one attached hydrogen (secondary N) is 1. The van der Waals surface area contributed by atoms with Gasteiger partial charge in [-0.2, -0.15) is 13.2 Å². The highest BCUT2D eigenvalue weighted by Gasteiger charge is 2.50. The van der Waals surface area contributed by atoms with Gasteiger partial charge in [0.2, 0.25) is 0 Å². The summed E-state index contributed by atoms with van der Waals surface area (Å²) in [6.07, 6.45) is -5.12. The zero-order valence-electron chi connectivity index (χ0n) is 18.7. The number of halogens is 3. The Labute approximate surface area is 188 Å². The number of alkyl halides is 3. The third-order valence-electron chi connectivity index (χ3n) is 5.53. The van der Waals surface area contributed by atoms with E-state index in [9.17, 15) is 27.6 Å². The standard InChI is InChI=1S/C20H27F3N6O4/c1-4-6-10-27-14-15(28(11-7-5-2)19(32)25(3)16(14)30)29(33-17(31)20(21,22)23)18(27)26-12-8-24-9-13-26/h18,24H,5,7-13H2,1-3H3. The van der Waals surface area contributed by atoms with Crippen LogP contribution >= 0.6 is 0 Å². The van der Waals surface area contributed by atoms with Crippen LogP contribution in [-0.4, -0.2) is 65.2 Å². The SMILES string of the molecule is CC#CCN1c2c(n(CCCC)c(=O)n(C)c2=O)N(OC(=O)C(F)(F)F)C1N1CCNCC1. The van der Waals surface area contributed by atoms with Crippen LogP contribution < -0.4 is 26.5 Å². The summed E-state index contributed by atoms with van der Waals surface area (Å²) in [5, 5.41) is 3.91. The maximum atomic E-state index is 13.2. The number of carbonyl (C=O) groups excluding carboxylic acids is 1. The lowest BCUT2D eigenvalue weighted by molar-refractivity contribution is -0.203. The van der Waals surface area contributed by atoms with Gasteiger partial charge in [-0.15, -0.1) is 11.0 Å². The number of hydrogen-bond acceptors (Lipinski definition) is 8. The molecular weight excluding hydrogens is 445 g/mol. The summed E-state index contributed by atoms with van der Waals surface area (Å²) in [6, 6.07) is 0. The Balaban J connectivity index is 2.27. The van der Waals surface area contributed by atoms with Gasteiger partial charge in [0.1, 0.15) is 0 Å². The van der Waals surface area contributed by atoms with Crippen LogP contribution in [0.5, 0.6) is 0 Å². The van der Waals surface area contributed by atoms with Gasteiger partial charge >= 0.3 is 17.8 Å². The fourth-order valence-electron chi connectivity index (χ4n) is 3.90. The molecule has 1 aromatic heterocycles. The summed E-state index contributed by atoms with van der Waals surface area (Å²) in [6.45, 7) is 5.51. The van der Waals surface area contributed by atoms with Crippen LogP contribution in [0.2, 0.25) is 0 Å². The molecule has 0 saturated carbocycles. The molecule has 0 amide bonds. The Kier molecular flexibility index (Phi) is 7.38. The van der Waals surface area contributed by atoms with E-state index >= 15 is 0 Å². The maximum absolute atomic E-state index is 13.2. The number of piperazine rings is 1. The molecule has 1 fully saturated rings. The third-order valence-corrected chi connectivity index (χ3v) is 5.53. The number of hydroxylamine groups is 1. The van der Waals surface area contributed by atoms with E-state index in [0.29, 0.717) is 39.0 Å². The Hall–Kier alpha value is -2.98. The third kappa shape index (κ3) is 4.72. The smallest absolute Gasteiger partial charge is 0.327 e. The lowest BCUT2D eigenvalue weighted by atomic mass is 10.3. The van der Waals surface area contributed by atoms with Crippen molar-refractivity contribution >= 4 is 17.5 Å². The second kappa shape index (κ2) is 9.88. The molecule has 3 rings (SSSR count). The van der Waals surface area contributed by atoms with Crippen molar-refractivity contribution in [3.05, 3.63) is 20.8 Å². The Morgan fingerprint density at radius 1 is 1.24 bits per heavy atom. The molecule has 1 unspecified atom stereocenters. The van der Waals surface area contributed by atoms with E-state index in [1.165, 1.54) is 16.5 Å².